The Kier molecular flexibility index (Phi) is 5.84. The van der Waals surface area contributed by atoms with Crippen molar-refractivity contribution in [3.8, 4) is 5.75 Å². The lowest BCUT2D eigenvalue weighted by atomic mass is 10.2. The second kappa shape index (κ2) is 7.67. The molecule has 0 bridgehead atoms. The highest BCUT2D eigenvalue weighted by atomic mass is 79.9. The molecule has 8 heteroatoms. The van der Waals surface area contributed by atoms with E-state index in [0.717, 1.165) is 6.42 Å². The van der Waals surface area contributed by atoms with Gasteiger partial charge in [-0.15, -0.1) is 0 Å². The molecule has 0 saturated heterocycles. The van der Waals surface area contributed by atoms with E-state index in [1.165, 1.54) is 30.3 Å². The van der Waals surface area contributed by atoms with Gasteiger partial charge >= 0.3 is 5.97 Å². The van der Waals surface area contributed by atoms with E-state index in [1.807, 2.05) is 6.92 Å². The fourth-order valence-electron chi connectivity index (χ4n) is 1.94. The van der Waals surface area contributed by atoms with Crippen molar-refractivity contribution >= 4 is 37.6 Å². The summed E-state index contributed by atoms with van der Waals surface area (Å²) in [5, 5.41) is 9.15. The van der Waals surface area contributed by atoms with E-state index in [0.29, 0.717) is 16.8 Å². The number of sulfonamides is 1. The molecule has 0 heterocycles. The quantitative estimate of drug-likeness (QED) is 0.720. The van der Waals surface area contributed by atoms with Crippen LogP contribution in [0.5, 0.6) is 5.75 Å². The summed E-state index contributed by atoms with van der Waals surface area (Å²) in [6, 6.07) is 10.2. The molecule has 0 aliphatic heterocycles. The van der Waals surface area contributed by atoms with E-state index in [-0.39, 0.29) is 16.1 Å². The Morgan fingerprint density at radius 3 is 2.62 bits per heavy atom. The highest BCUT2D eigenvalue weighted by Gasteiger charge is 2.19. The normalized spacial score (nSPS) is 11.1. The molecular weight excluding hydrogens is 398 g/mol. The summed E-state index contributed by atoms with van der Waals surface area (Å²) in [4.78, 5) is 11.2. The lowest BCUT2D eigenvalue weighted by molar-refractivity contribution is 0.0698. The zero-order chi connectivity index (χ0) is 17.7. The second-order valence-electron chi connectivity index (χ2n) is 4.90. The Balaban J connectivity index is 2.36. The molecule has 2 aromatic carbocycles. The number of carbonyl (C=O) groups is 1. The number of hydrogen-bond acceptors (Lipinski definition) is 4. The third-order valence-corrected chi connectivity index (χ3v) is 5.09. The lowest BCUT2D eigenvalue weighted by Crippen LogP contribution is -2.15. The van der Waals surface area contributed by atoms with Crippen LogP contribution in [0.4, 0.5) is 5.69 Å². The predicted molar refractivity (Wildman–Crippen MR) is 94.1 cm³/mol. The fourth-order valence-corrected chi connectivity index (χ4v) is 3.39. The molecule has 0 atom stereocenters. The Hall–Kier alpha value is -2.06. The summed E-state index contributed by atoms with van der Waals surface area (Å²) in [6.45, 7) is 2.40. The van der Waals surface area contributed by atoms with Crippen molar-refractivity contribution in [3.63, 3.8) is 0 Å². The first-order valence-corrected chi connectivity index (χ1v) is 9.40. The summed E-state index contributed by atoms with van der Waals surface area (Å²) in [5.74, 6) is -0.803. The Labute approximate surface area is 148 Å². The maximum atomic E-state index is 12.5. The van der Waals surface area contributed by atoms with Gasteiger partial charge in [0, 0.05) is 6.07 Å². The van der Waals surface area contributed by atoms with Crippen molar-refractivity contribution in [1.29, 1.82) is 0 Å². The molecular formula is C16H16BrNO5S. The molecule has 0 unspecified atom stereocenters. The van der Waals surface area contributed by atoms with Crippen molar-refractivity contribution in [3.05, 3.63) is 52.5 Å². The van der Waals surface area contributed by atoms with E-state index >= 15 is 0 Å². The number of carboxylic acid groups (broad SMARTS) is 1. The van der Waals surface area contributed by atoms with Crippen molar-refractivity contribution in [2.75, 3.05) is 11.3 Å². The topological polar surface area (TPSA) is 92.7 Å². The van der Waals surface area contributed by atoms with Crippen molar-refractivity contribution in [2.24, 2.45) is 0 Å². The first-order chi connectivity index (χ1) is 11.3. The van der Waals surface area contributed by atoms with Crippen molar-refractivity contribution in [1.82, 2.24) is 0 Å². The Morgan fingerprint density at radius 2 is 1.96 bits per heavy atom. The molecule has 6 nitrogen and oxygen atoms in total. The van der Waals surface area contributed by atoms with Crippen molar-refractivity contribution in [2.45, 2.75) is 18.2 Å². The third-order valence-electron chi connectivity index (χ3n) is 3.08. The molecule has 0 fully saturated rings. The maximum absolute atomic E-state index is 12.5. The summed E-state index contributed by atoms with van der Waals surface area (Å²) in [5.41, 5.74) is -0.121. The summed E-state index contributed by atoms with van der Waals surface area (Å²) in [6.07, 6.45) is 0.785. The zero-order valence-electron chi connectivity index (χ0n) is 12.8. The zero-order valence-corrected chi connectivity index (χ0v) is 15.2. The highest BCUT2D eigenvalue weighted by Crippen LogP contribution is 2.29. The average Bonchev–Trinajstić information content (AvgIpc) is 2.53. The fraction of sp³-hybridized carbons (Fsp3) is 0.188. The molecule has 0 spiro atoms. The minimum Gasteiger partial charge on any atom is -0.492 e. The van der Waals surface area contributed by atoms with Crippen LogP contribution >= 0.6 is 15.9 Å². The number of aromatic carboxylic acids is 1. The van der Waals surface area contributed by atoms with Gasteiger partial charge in [0.2, 0.25) is 0 Å². The largest absolute Gasteiger partial charge is 0.492 e. The van der Waals surface area contributed by atoms with Gasteiger partial charge in [-0.1, -0.05) is 19.1 Å². The van der Waals surface area contributed by atoms with Crippen LogP contribution in [0.25, 0.3) is 0 Å². The van der Waals surface area contributed by atoms with Crippen LogP contribution in [-0.2, 0) is 10.0 Å². The SMILES string of the molecule is CCCOc1cc(S(=O)(=O)Nc2ccccc2C(=O)O)ccc1Br. The van der Waals surface area contributed by atoms with Crippen LogP contribution in [0.1, 0.15) is 23.7 Å². The van der Waals surface area contributed by atoms with Crippen LogP contribution in [0, 0.1) is 0 Å². The van der Waals surface area contributed by atoms with Gasteiger partial charge < -0.3 is 9.84 Å². The van der Waals surface area contributed by atoms with Gasteiger partial charge in [0.05, 0.1) is 27.2 Å². The number of para-hydroxylation sites is 1. The number of ether oxygens (including phenoxy) is 1. The number of nitrogens with one attached hydrogen (secondary N) is 1. The van der Waals surface area contributed by atoms with E-state index < -0.39 is 16.0 Å². The smallest absolute Gasteiger partial charge is 0.337 e. The van der Waals surface area contributed by atoms with E-state index in [1.54, 1.807) is 12.1 Å². The molecule has 0 aliphatic rings. The maximum Gasteiger partial charge on any atom is 0.337 e. The van der Waals surface area contributed by atoms with Gasteiger partial charge in [0.25, 0.3) is 10.0 Å². The van der Waals surface area contributed by atoms with E-state index in [9.17, 15) is 13.2 Å². The van der Waals surface area contributed by atoms with E-state index in [2.05, 4.69) is 20.7 Å². The second-order valence-corrected chi connectivity index (χ2v) is 7.43. The monoisotopic (exact) mass is 413 g/mol. The molecule has 2 rings (SSSR count). The van der Waals surface area contributed by atoms with Gasteiger partial charge in [-0.2, -0.15) is 0 Å². The van der Waals surface area contributed by atoms with Crippen LogP contribution in [0.15, 0.2) is 51.8 Å². The number of benzene rings is 2. The lowest BCUT2D eigenvalue weighted by Gasteiger charge is -2.12. The first-order valence-electron chi connectivity index (χ1n) is 7.12. The highest BCUT2D eigenvalue weighted by molar-refractivity contribution is 9.10. The molecule has 2 N–H and O–H groups in total. The third kappa shape index (κ3) is 4.27. The molecule has 128 valence electrons. The van der Waals surface area contributed by atoms with Gasteiger partial charge in [-0.05, 0) is 46.6 Å². The number of hydrogen-bond donors (Lipinski definition) is 2. The first kappa shape index (κ1) is 18.3. The minimum atomic E-state index is -3.95. The van der Waals surface area contributed by atoms with Crippen molar-refractivity contribution < 1.29 is 23.1 Å². The molecule has 0 radical (unpaired) electrons. The summed E-state index contributed by atoms with van der Waals surface area (Å²) in [7, 11) is -3.95. The molecule has 0 amide bonds. The minimum absolute atomic E-state index is 0.00365. The Bertz CT molecular complexity index is 851. The van der Waals surface area contributed by atoms with Crippen LogP contribution in [0.3, 0.4) is 0 Å². The number of anilines is 1. The van der Waals surface area contributed by atoms with Crippen LogP contribution in [0.2, 0.25) is 0 Å². The van der Waals surface area contributed by atoms with Gasteiger partial charge in [-0.25, -0.2) is 13.2 Å². The number of rotatable bonds is 7. The van der Waals surface area contributed by atoms with Crippen LogP contribution in [-0.4, -0.2) is 26.1 Å². The molecule has 2 aromatic rings. The van der Waals surface area contributed by atoms with E-state index in [4.69, 9.17) is 9.84 Å². The summed E-state index contributed by atoms with van der Waals surface area (Å²) >= 11 is 3.31. The predicted octanol–water partition coefficient (Wildman–Crippen LogP) is 3.74. The molecule has 0 aromatic heterocycles. The van der Waals surface area contributed by atoms with Gasteiger partial charge in [-0.3, -0.25) is 4.72 Å². The van der Waals surface area contributed by atoms with Gasteiger partial charge in [0.1, 0.15) is 5.75 Å². The standard InChI is InChI=1S/C16H16BrNO5S/c1-2-9-23-15-10-11(7-8-13(15)17)24(21,22)18-14-6-4-3-5-12(14)16(19)20/h3-8,10,18H,2,9H2,1H3,(H,19,20). The molecule has 24 heavy (non-hydrogen) atoms. The number of halogens is 1. The van der Waals surface area contributed by atoms with Gasteiger partial charge in [0.15, 0.2) is 0 Å². The summed E-state index contributed by atoms with van der Waals surface area (Å²) < 4.78 is 33.5. The van der Waals surface area contributed by atoms with Crippen LogP contribution < -0.4 is 9.46 Å². The Morgan fingerprint density at radius 1 is 1.25 bits per heavy atom. The number of carboxylic acids is 1. The molecule has 0 aliphatic carbocycles. The molecule has 0 saturated carbocycles. The average molecular weight is 414 g/mol.